The van der Waals surface area contributed by atoms with E-state index in [1.807, 2.05) is 0 Å². The van der Waals surface area contributed by atoms with Crippen molar-refractivity contribution in [2.75, 3.05) is 13.2 Å². The zero-order valence-corrected chi connectivity index (χ0v) is 8.30. The van der Waals surface area contributed by atoms with E-state index >= 15 is 0 Å². The quantitative estimate of drug-likeness (QED) is 0.762. The number of rotatable bonds is 3. The Morgan fingerprint density at radius 1 is 1.77 bits per heavy atom. The Hall–Kier alpha value is -0.610. The molecule has 69 valence electrons. The van der Waals surface area contributed by atoms with E-state index in [1.165, 1.54) is 6.07 Å². The fraction of sp³-hybridized carbons (Fsp3) is 0.333. The maximum atomic E-state index is 13.1. The molecule has 0 bridgehead atoms. The van der Waals surface area contributed by atoms with Gasteiger partial charge in [-0.05, 0) is 12.1 Å². The molecule has 1 heterocycles. The van der Waals surface area contributed by atoms with Gasteiger partial charge in [-0.15, -0.1) is 0 Å². The van der Waals surface area contributed by atoms with Crippen LogP contribution in [0.5, 0.6) is 5.75 Å². The summed E-state index contributed by atoms with van der Waals surface area (Å²) in [5, 5.41) is 0. The van der Waals surface area contributed by atoms with E-state index in [9.17, 15) is 4.39 Å². The van der Waals surface area contributed by atoms with Crippen molar-refractivity contribution < 1.29 is 13.9 Å². The van der Waals surface area contributed by atoms with E-state index in [0.717, 1.165) is 0 Å². The number of benzene rings is 1. The van der Waals surface area contributed by atoms with Gasteiger partial charge in [0.1, 0.15) is 12.7 Å². The molecule has 1 radical (unpaired) electrons. The number of hydrogen-bond acceptors (Lipinski definition) is 2. The van der Waals surface area contributed by atoms with Crippen LogP contribution < -0.4 is 4.74 Å². The Kier molecular flexibility index (Phi) is 2.51. The number of ether oxygens (including phenoxy) is 2. The lowest BCUT2D eigenvalue weighted by molar-refractivity contribution is 0.253. The van der Waals surface area contributed by atoms with Crippen LogP contribution in [-0.4, -0.2) is 19.3 Å². The lowest BCUT2D eigenvalue weighted by Crippen LogP contribution is -2.05. The van der Waals surface area contributed by atoms with Crippen molar-refractivity contribution >= 4 is 15.9 Å². The molecular formula is C9H7BrFO2. The number of epoxide rings is 1. The van der Waals surface area contributed by atoms with Crippen molar-refractivity contribution in [3.8, 4) is 5.75 Å². The molecule has 1 aliphatic rings. The normalized spacial score (nSPS) is 20.0. The molecule has 13 heavy (non-hydrogen) atoms. The fourth-order valence-corrected chi connectivity index (χ4v) is 1.20. The Bertz CT molecular complexity index is 312. The second kappa shape index (κ2) is 3.64. The second-order valence-corrected chi connectivity index (χ2v) is 3.68. The van der Waals surface area contributed by atoms with Gasteiger partial charge < -0.3 is 9.47 Å². The van der Waals surface area contributed by atoms with Crippen LogP contribution >= 0.6 is 15.9 Å². The summed E-state index contributed by atoms with van der Waals surface area (Å²) in [5.41, 5.74) is 0. The first-order valence-electron chi connectivity index (χ1n) is 3.87. The summed E-state index contributed by atoms with van der Waals surface area (Å²) in [7, 11) is 0. The first-order valence-corrected chi connectivity index (χ1v) is 4.66. The molecule has 0 N–H and O–H groups in total. The Balaban J connectivity index is 2.01. The molecule has 1 aromatic rings. The van der Waals surface area contributed by atoms with Crippen LogP contribution in [0.25, 0.3) is 0 Å². The average molecular weight is 246 g/mol. The fourth-order valence-electron chi connectivity index (χ4n) is 0.883. The van der Waals surface area contributed by atoms with Gasteiger partial charge in [0.15, 0.2) is 11.6 Å². The smallest absolute Gasteiger partial charge is 0.166 e. The maximum absolute atomic E-state index is 13.1. The molecule has 0 amide bonds. The molecular weight excluding hydrogens is 239 g/mol. The molecule has 1 aromatic carbocycles. The SMILES string of the molecule is Fc1cc(Br)c[c]c1OC[C@H]1CO1. The van der Waals surface area contributed by atoms with E-state index in [1.54, 1.807) is 6.07 Å². The first-order chi connectivity index (χ1) is 6.25. The first kappa shape index (κ1) is 8.97. The van der Waals surface area contributed by atoms with E-state index in [2.05, 4.69) is 22.0 Å². The Morgan fingerprint density at radius 3 is 3.15 bits per heavy atom. The molecule has 1 aliphatic heterocycles. The van der Waals surface area contributed by atoms with Gasteiger partial charge in [0.2, 0.25) is 0 Å². The van der Waals surface area contributed by atoms with Crippen molar-refractivity contribution in [3.63, 3.8) is 0 Å². The average Bonchev–Trinajstić information content (AvgIpc) is 2.86. The van der Waals surface area contributed by atoms with Crippen molar-refractivity contribution in [3.05, 3.63) is 28.5 Å². The predicted octanol–water partition coefficient (Wildman–Crippen LogP) is 2.17. The highest BCUT2D eigenvalue weighted by Gasteiger charge is 2.23. The topological polar surface area (TPSA) is 21.8 Å². The summed E-state index contributed by atoms with van der Waals surface area (Å²) in [6.45, 7) is 1.10. The number of hydrogen-bond donors (Lipinski definition) is 0. The van der Waals surface area contributed by atoms with Gasteiger partial charge in [-0.1, -0.05) is 15.9 Å². The molecule has 0 unspecified atom stereocenters. The summed E-state index contributed by atoms with van der Waals surface area (Å²) < 4.78 is 23.8. The predicted molar refractivity (Wildman–Crippen MR) is 48.2 cm³/mol. The molecule has 0 spiro atoms. The molecule has 2 nitrogen and oxygen atoms in total. The van der Waals surface area contributed by atoms with Crippen LogP contribution in [0, 0.1) is 11.9 Å². The van der Waals surface area contributed by atoms with Crippen LogP contribution in [-0.2, 0) is 4.74 Å². The molecule has 0 aliphatic carbocycles. The van der Waals surface area contributed by atoms with Crippen molar-refractivity contribution in [2.24, 2.45) is 0 Å². The number of halogens is 2. The lowest BCUT2D eigenvalue weighted by atomic mass is 10.3. The Labute approximate surface area is 83.8 Å². The molecule has 1 fully saturated rings. The summed E-state index contributed by atoms with van der Waals surface area (Å²) in [6, 6.07) is 5.65. The van der Waals surface area contributed by atoms with Crippen LogP contribution in [0.1, 0.15) is 0 Å². The molecule has 0 aromatic heterocycles. The van der Waals surface area contributed by atoms with Crippen molar-refractivity contribution in [1.29, 1.82) is 0 Å². The monoisotopic (exact) mass is 245 g/mol. The highest BCUT2D eigenvalue weighted by Crippen LogP contribution is 2.21. The van der Waals surface area contributed by atoms with Gasteiger partial charge in [-0.25, -0.2) is 4.39 Å². The van der Waals surface area contributed by atoms with Crippen LogP contribution in [0.3, 0.4) is 0 Å². The van der Waals surface area contributed by atoms with Crippen LogP contribution in [0.4, 0.5) is 4.39 Å². The summed E-state index contributed by atoms with van der Waals surface area (Å²) in [6.07, 6.45) is 0.136. The molecule has 4 heteroatoms. The highest BCUT2D eigenvalue weighted by molar-refractivity contribution is 9.10. The zero-order chi connectivity index (χ0) is 9.26. The maximum Gasteiger partial charge on any atom is 0.166 e. The van der Waals surface area contributed by atoms with Crippen molar-refractivity contribution in [2.45, 2.75) is 6.10 Å². The van der Waals surface area contributed by atoms with E-state index in [-0.39, 0.29) is 11.9 Å². The van der Waals surface area contributed by atoms with Crippen LogP contribution in [0.2, 0.25) is 0 Å². The van der Waals surface area contributed by atoms with Gasteiger partial charge in [0.05, 0.1) is 6.61 Å². The third kappa shape index (κ3) is 2.42. The van der Waals surface area contributed by atoms with Crippen molar-refractivity contribution in [1.82, 2.24) is 0 Å². The van der Waals surface area contributed by atoms with Gasteiger partial charge in [0.25, 0.3) is 0 Å². The third-order valence-corrected chi connectivity index (χ3v) is 2.10. The van der Waals surface area contributed by atoms with E-state index in [0.29, 0.717) is 17.7 Å². The zero-order valence-electron chi connectivity index (χ0n) is 6.72. The van der Waals surface area contributed by atoms with Gasteiger partial charge in [-0.2, -0.15) is 0 Å². The van der Waals surface area contributed by atoms with E-state index in [4.69, 9.17) is 9.47 Å². The van der Waals surface area contributed by atoms with Gasteiger partial charge in [0, 0.05) is 10.5 Å². The second-order valence-electron chi connectivity index (χ2n) is 2.76. The van der Waals surface area contributed by atoms with Gasteiger partial charge >= 0.3 is 0 Å². The molecule has 0 saturated carbocycles. The highest BCUT2D eigenvalue weighted by atomic mass is 79.9. The van der Waals surface area contributed by atoms with E-state index < -0.39 is 5.82 Å². The molecule has 1 saturated heterocycles. The minimum Gasteiger partial charge on any atom is -0.487 e. The minimum absolute atomic E-state index is 0.136. The third-order valence-electron chi connectivity index (χ3n) is 1.64. The lowest BCUT2D eigenvalue weighted by Gasteiger charge is -2.04. The molecule has 2 rings (SSSR count). The van der Waals surface area contributed by atoms with Gasteiger partial charge in [-0.3, -0.25) is 0 Å². The minimum atomic E-state index is -0.407. The molecule has 1 atom stereocenters. The van der Waals surface area contributed by atoms with Crippen LogP contribution in [0.15, 0.2) is 16.6 Å². The largest absolute Gasteiger partial charge is 0.487 e. The standard InChI is InChI=1S/C9H7BrFO2/c10-6-1-2-9(8(11)3-6)13-5-7-4-12-7/h1,3,7H,4-5H2/t7-/m1/s1. The summed E-state index contributed by atoms with van der Waals surface area (Å²) >= 11 is 3.14. The summed E-state index contributed by atoms with van der Waals surface area (Å²) in [5.74, 6) is -0.256. The Morgan fingerprint density at radius 2 is 2.54 bits per heavy atom. The summed E-state index contributed by atoms with van der Waals surface area (Å²) in [4.78, 5) is 0.